The minimum atomic E-state index is -0.791. The van der Waals surface area contributed by atoms with E-state index in [1.54, 1.807) is 0 Å². The Morgan fingerprint density at radius 1 is 1.71 bits per heavy atom. The van der Waals surface area contributed by atoms with Gasteiger partial charge in [-0.1, -0.05) is 0 Å². The van der Waals surface area contributed by atoms with E-state index in [1.165, 1.54) is 19.4 Å². The summed E-state index contributed by atoms with van der Waals surface area (Å²) in [5.74, 6) is 0.364. The normalized spacial score (nSPS) is 28.3. The number of aliphatic hydroxyl groups excluding tert-OH is 2. The second-order valence-electron chi connectivity index (χ2n) is 3.79. The van der Waals surface area contributed by atoms with Crippen LogP contribution in [0.3, 0.4) is 0 Å². The van der Waals surface area contributed by atoms with Gasteiger partial charge in [0.15, 0.2) is 6.23 Å². The maximum absolute atomic E-state index is 11.7. The van der Waals surface area contributed by atoms with E-state index in [-0.39, 0.29) is 18.6 Å². The average Bonchev–Trinajstić information content (AvgIpc) is 2.70. The predicted molar refractivity (Wildman–Crippen MR) is 56.7 cm³/mol. The molecule has 0 aliphatic carbocycles. The molecule has 0 aromatic carbocycles. The molecule has 1 aromatic heterocycles. The molecule has 0 radical (unpaired) electrons. The number of ether oxygens (including phenoxy) is 2. The third kappa shape index (κ3) is 2.31. The molecule has 0 spiro atoms. The molecular formula is C10H14N2O5. The van der Waals surface area contributed by atoms with Gasteiger partial charge < -0.3 is 19.7 Å². The van der Waals surface area contributed by atoms with E-state index < -0.39 is 18.4 Å². The summed E-state index contributed by atoms with van der Waals surface area (Å²) < 4.78 is 11.3. The van der Waals surface area contributed by atoms with Crippen LogP contribution < -0.4 is 10.3 Å². The van der Waals surface area contributed by atoms with Crippen molar-refractivity contribution in [1.29, 1.82) is 0 Å². The second kappa shape index (κ2) is 4.82. The Labute approximate surface area is 97.2 Å². The molecule has 1 aliphatic heterocycles. The number of hydrogen-bond donors (Lipinski definition) is 2. The van der Waals surface area contributed by atoms with Crippen molar-refractivity contribution in [2.45, 2.75) is 24.9 Å². The van der Waals surface area contributed by atoms with Gasteiger partial charge in [0.25, 0.3) is 5.56 Å². The van der Waals surface area contributed by atoms with E-state index in [4.69, 9.17) is 14.6 Å². The van der Waals surface area contributed by atoms with E-state index >= 15 is 0 Å². The Morgan fingerprint density at radius 2 is 2.47 bits per heavy atom. The highest BCUT2D eigenvalue weighted by molar-refractivity contribution is 5.13. The largest absolute Gasteiger partial charge is 0.495 e. The summed E-state index contributed by atoms with van der Waals surface area (Å²) in [5, 5.41) is 22.4. The Morgan fingerprint density at radius 3 is 3.00 bits per heavy atom. The van der Waals surface area contributed by atoms with Gasteiger partial charge in [-0.15, -0.1) is 0 Å². The zero-order valence-electron chi connectivity index (χ0n) is 9.31. The lowest BCUT2D eigenvalue weighted by atomic mass is 10.2. The van der Waals surface area contributed by atoms with E-state index in [0.29, 0.717) is 5.75 Å². The lowest BCUT2D eigenvalue weighted by Gasteiger charge is -2.13. The maximum atomic E-state index is 11.7. The van der Waals surface area contributed by atoms with Crippen molar-refractivity contribution in [1.82, 2.24) is 9.78 Å². The lowest BCUT2D eigenvalue weighted by molar-refractivity contribution is -0.0501. The highest BCUT2D eigenvalue weighted by atomic mass is 16.5. The number of hydrogen-bond acceptors (Lipinski definition) is 6. The lowest BCUT2D eigenvalue weighted by Crippen LogP contribution is -2.27. The van der Waals surface area contributed by atoms with Gasteiger partial charge in [-0.05, 0) is 0 Å². The van der Waals surface area contributed by atoms with E-state index in [1.807, 2.05) is 0 Å². The summed E-state index contributed by atoms with van der Waals surface area (Å²) in [6, 6.07) is 1.29. The molecule has 1 fully saturated rings. The fraction of sp³-hybridized carbons (Fsp3) is 0.600. The van der Waals surface area contributed by atoms with Gasteiger partial charge in [0.05, 0.1) is 26.0 Å². The van der Waals surface area contributed by atoms with Crippen molar-refractivity contribution in [3.63, 3.8) is 0 Å². The number of nitrogens with zero attached hydrogens (tertiary/aromatic N) is 2. The molecule has 2 heterocycles. The van der Waals surface area contributed by atoms with Crippen molar-refractivity contribution in [3.05, 3.63) is 22.6 Å². The van der Waals surface area contributed by atoms with Gasteiger partial charge in [-0.2, -0.15) is 5.10 Å². The third-order valence-electron chi connectivity index (χ3n) is 2.69. The van der Waals surface area contributed by atoms with Crippen molar-refractivity contribution in [2.24, 2.45) is 0 Å². The average molecular weight is 242 g/mol. The standard InChI is InChI=1S/C10H14N2O5/c1-16-6-2-9(15)12(11-4-6)10-3-7(14)8(5-13)17-10/h2,4,7-8,10,13-14H,3,5H2,1H3. The molecule has 94 valence electrons. The fourth-order valence-corrected chi connectivity index (χ4v) is 1.76. The summed E-state index contributed by atoms with van der Waals surface area (Å²) in [6.07, 6.45) is -0.495. The molecular weight excluding hydrogens is 228 g/mol. The third-order valence-corrected chi connectivity index (χ3v) is 2.69. The first-order chi connectivity index (χ1) is 8.15. The maximum Gasteiger partial charge on any atom is 0.272 e. The zero-order valence-corrected chi connectivity index (χ0v) is 9.31. The summed E-state index contributed by atoms with van der Waals surface area (Å²) >= 11 is 0. The first-order valence-electron chi connectivity index (χ1n) is 5.23. The molecule has 3 unspecified atom stereocenters. The van der Waals surface area contributed by atoms with Crippen molar-refractivity contribution in [3.8, 4) is 5.75 Å². The topological polar surface area (TPSA) is 93.8 Å². The molecule has 0 bridgehead atoms. The van der Waals surface area contributed by atoms with Gasteiger partial charge in [0, 0.05) is 12.5 Å². The van der Waals surface area contributed by atoms with Crippen LogP contribution in [-0.2, 0) is 4.74 Å². The van der Waals surface area contributed by atoms with E-state index in [0.717, 1.165) is 4.68 Å². The van der Waals surface area contributed by atoms with Gasteiger partial charge in [-0.3, -0.25) is 4.79 Å². The Balaban J connectivity index is 2.22. The Kier molecular flexibility index (Phi) is 3.41. The number of aliphatic hydroxyl groups is 2. The predicted octanol–water partition coefficient (Wildman–Crippen LogP) is -1.11. The molecule has 1 aliphatic rings. The van der Waals surface area contributed by atoms with Gasteiger partial charge in [-0.25, -0.2) is 4.68 Å². The van der Waals surface area contributed by atoms with Crippen molar-refractivity contribution in [2.75, 3.05) is 13.7 Å². The van der Waals surface area contributed by atoms with E-state index in [2.05, 4.69) is 5.10 Å². The molecule has 1 aromatic rings. The minimum absolute atomic E-state index is 0.227. The molecule has 7 nitrogen and oxygen atoms in total. The second-order valence-corrected chi connectivity index (χ2v) is 3.79. The molecule has 0 saturated carbocycles. The SMILES string of the molecule is COc1cnn(C2CC(O)C(CO)O2)c(=O)c1. The minimum Gasteiger partial charge on any atom is -0.495 e. The monoisotopic (exact) mass is 242 g/mol. The molecule has 1 saturated heterocycles. The highest BCUT2D eigenvalue weighted by Crippen LogP contribution is 2.26. The zero-order chi connectivity index (χ0) is 12.4. The van der Waals surface area contributed by atoms with Crippen LogP contribution in [-0.4, -0.2) is 45.9 Å². The van der Waals surface area contributed by atoms with Crippen LogP contribution in [0.25, 0.3) is 0 Å². The highest BCUT2D eigenvalue weighted by Gasteiger charge is 2.35. The van der Waals surface area contributed by atoms with Crippen LogP contribution in [0.5, 0.6) is 5.75 Å². The molecule has 3 atom stereocenters. The molecule has 2 rings (SSSR count). The first-order valence-corrected chi connectivity index (χ1v) is 5.23. The van der Waals surface area contributed by atoms with Crippen LogP contribution in [0.1, 0.15) is 12.6 Å². The summed E-state index contributed by atoms with van der Waals surface area (Å²) in [7, 11) is 1.44. The molecule has 2 N–H and O–H groups in total. The summed E-state index contributed by atoms with van der Waals surface area (Å²) in [6.45, 7) is -0.289. The summed E-state index contributed by atoms with van der Waals surface area (Å²) in [4.78, 5) is 11.7. The molecule has 17 heavy (non-hydrogen) atoms. The quantitative estimate of drug-likeness (QED) is 0.698. The smallest absolute Gasteiger partial charge is 0.272 e. The Hall–Kier alpha value is -1.44. The van der Waals surface area contributed by atoms with Crippen molar-refractivity contribution < 1.29 is 19.7 Å². The summed E-state index contributed by atoms with van der Waals surface area (Å²) in [5.41, 5.74) is -0.375. The number of methoxy groups -OCH3 is 1. The van der Waals surface area contributed by atoms with Crippen LogP contribution in [0, 0.1) is 0 Å². The van der Waals surface area contributed by atoms with Crippen LogP contribution in [0.15, 0.2) is 17.1 Å². The van der Waals surface area contributed by atoms with Gasteiger partial charge >= 0.3 is 0 Å². The fourth-order valence-electron chi connectivity index (χ4n) is 1.76. The van der Waals surface area contributed by atoms with Crippen LogP contribution in [0.4, 0.5) is 0 Å². The van der Waals surface area contributed by atoms with Gasteiger partial charge in [0.2, 0.25) is 0 Å². The molecule has 7 heteroatoms. The molecule has 0 amide bonds. The number of rotatable bonds is 3. The van der Waals surface area contributed by atoms with Crippen LogP contribution in [0.2, 0.25) is 0 Å². The first kappa shape index (κ1) is 12.0. The Bertz CT molecular complexity index is 447. The van der Waals surface area contributed by atoms with E-state index in [9.17, 15) is 9.90 Å². The van der Waals surface area contributed by atoms with Crippen LogP contribution >= 0.6 is 0 Å². The van der Waals surface area contributed by atoms with Gasteiger partial charge in [0.1, 0.15) is 11.9 Å². The number of aromatic nitrogens is 2. The van der Waals surface area contributed by atoms with Crippen molar-refractivity contribution >= 4 is 0 Å².